The minimum absolute atomic E-state index is 0.0304. The summed E-state index contributed by atoms with van der Waals surface area (Å²) in [6.45, 7) is 1.43. The largest absolute Gasteiger partial charge is 0.478 e. The predicted molar refractivity (Wildman–Crippen MR) is 57.5 cm³/mol. The van der Waals surface area contributed by atoms with Gasteiger partial charge in [-0.05, 0) is 41.6 Å². The van der Waals surface area contributed by atoms with Crippen molar-refractivity contribution in [3.63, 3.8) is 0 Å². The van der Waals surface area contributed by atoms with Crippen molar-refractivity contribution in [1.29, 1.82) is 0 Å². The van der Waals surface area contributed by atoms with E-state index >= 15 is 0 Å². The average Bonchev–Trinajstić information content (AvgIpc) is 2.02. The van der Waals surface area contributed by atoms with E-state index in [2.05, 4.69) is 0 Å². The molecule has 0 atom stereocenters. The third kappa shape index (κ3) is 1.84. The molecule has 74 valence electrons. The maximum atomic E-state index is 10.7. The Morgan fingerprint density at radius 3 is 2.57 bits per heavy atom. The minimum atomic E-state index is -1.15. The lowest BCUT2D eigenvalue weighted by molar-refractivity contribution is -0.386. The Morgan fingerprint density at radius 1 is 1.57 bits per heavy atom. The first-order valence-corrected chi connectivity index (χ1v) is 4.69. The molecular formula is C8H6INO4. The van der Waals surface area contributed by atoms with Crippen molar-refractivity contribution in [1.82, 2.24) is 0 Å². The molecule has 6 heteroatoms. The van der Waals surface area contributed by atoms with E-state index in [9.17, 15) is 14.9 Å². The number of rotatable bonds is 2. The number of nitrogens with zero attached hydrogens (tertiary/aromatic N) is 1. The fraction of sp³-hybridized carbons (Fsp3) is 0.125. The molecule has 0 aliphatic rings. The number of hydrogen-bond acceptors (Lipinski definition) is 3. The summed E-state index contributed by atoms with van der Waals surface area (Å²) in [7, 11) is 0. The van der Waals surface area contributed by atoms with E-state index in [-0.39, 0.29) is 16.8 Å². The second kappa shape index (κ2) is 3.91. The van der Waals surface area contributed by atoms with Crippen molar-refractivity contribution in [2.75, 3.05) is 0 Å². The zero-order chi connectivity index (χ0) is 10.9. The van der Waals surface area contributed by atoms with Crippen molar-refractivity contribution in [3.8, 4) is 0 Å². The standard InChI is InChI=1S/C8H6INO4/c1-4-5(8(11)12)2-3-6(9)7(4)10(13)14/h2-3H,1H3,(H,11,12). The van der Waals surface area contributed by atoms with Crippen LogP contribution in [-0.2, 0) is 0 Å². The SMILES string of the molecule is Cc1c(C(=O)O)ccc(I)c1[N+](=O)[O-]. The number of carboxylic acids is 1. The Bertz CT molecular complexity index is 416. The molecule has 0 amide bonds. The average molecular weight is 307 g/mol. The van der Waals surface area contributed by atoms with Crippen LogP contribution in [0.2, 0.25) is 0 Å². The van der Waals surface area contributed by atoms with E-state index in [0.717, 1.165) is 0 Å². The van der Waals surface area contributed by atoms with Crippen molar-refractivity contribution in [3.05, 3.63) is 36.9 Å². The molecule has 0 saturated heterocycles. The molecule has 0 bridgehead atoms. The van der Waals surface area contributed by atoms with Crippen LogP contribution in [0.15, 0.2) is 12.1 Å². The summed E-state index contributed by atoms with van der Waals surface area (Å²) in [5, 5.41) is 19.4. The lowest BCUT2D eigenvalue weighted by Crippen LogP contribution is -2.04. The Hall–Kier alpha value is -1.18. The van der Waals surface area contributed by atoms with E-state index in [1.807, 2.05) is 0 Å². The first kappa shape index (κ1) is 10.9. The van der Waals surface area contributed by atoms with Crippen LogP contribution in [0, 0.1) is 20.6 Å². The van der Waals surface area contributed by atoms with Gasteiger partial charge in [0.05, 0.1) is 14.1 Å². The van der Waals surface area contributed by atoms with E-state index in [0.29, 0.717) is 3.57 Å². The van der Waals surface area contributed by atoms with Crippen molar-refractivity contribution in [2.45, 2.75) is 6.92 Å². The Morgan fingerprint density at radius 2 is 2.14 bits per heavy atom. The highest BCUT2D eigenvalue weighted by Crippen LogP contribution is 2.27. The molecule has 14 heavy (non-hydrogen) atoms. The summed E-state index contributed by atoms with van der Waals surface area (Å²) in [6, 6.07) is 2.79. The lowest BCUT2D eigenvalue weighted by Gasteiger charge is -2.02. The summed E-state index contributed by atoms with van der Waals surface area (Å²) < 4.78 is 0.440. The third-order valence-electron chi connectivity index (χ3n) is 1.79. The van der Waals surface area contributed by atoms with Gasteiger partial charge in [-0.25, -0.2) is 4.79 Å². The fourth-order valence-corrected chi connectivity index (χ4v) is 1.90. The summed E-state index contributed by atoms with van der Waals surface area (Å²) in [4.78, 5) is 20.7. The fourth-order valence-electron chi connectivity index (χ4n) is 1.12. The van der Waals surface area contributed by atoms with Crippen LogP contribution in [0.4, 0.5) is 5.69 Å². The van der Waals surface area contributed by atoms with Crippen LogP contribution in [0.3, 0.4) is 0 Å². The number of aromatic carboxylic acids is 1. The van der Waals surface area contributed by atoms with E-state index in [1.54, 1.807) is 22.6 Å². The van der Waals surface area contributed by atoms with Gasteiger partial charge in [0.15, 0.2) is 0 Å². The summed E-state index contributed by atoms with van der Waals surface area (Å²) in [5.41, 5.74) is 0.0250. The highest BCUT2D eigenvalue weighted by Gasteiger charge is 2.21. The van der Waals surface area contributed by atoms with Gasteiger partial charge in [-0.2, -0.15) is 0 Å². The molecule has 1 rings (SSSR count). The topological polar surface area (TPSA) is 80.4 Å². The predicted octanol–water partition coefficient (Wildman–Crippen LogP) is 2.21. The summed E-state index contributed by atoms with van der Waals surface area (Å²) in [6.07, 6.45) is 0. The van der Waals surface area contributed by atoms with Gasteiger partial charge < -0.3 is 5.11 Å². The summed E-state index contributed by atoms with van der Waals surface area (Å²) >= 11 is 1.81. The number of benzene rings is 1. The zero-order valence-electron chi connectivity index (χ0n) is 7.15. The van der Waals surface area contributed by atoms with Gasteiger partial charge in [-0.15, -0.1) is 0 Å². The molecule has 5 nitrogen and oxygen atoms in total. The molecule has 0 fully saturated rings. The van der Waals surface area contributed by atoms with E-state index in [1.165, 1.54) is 19.1 Å². The van der Waals surface area contributed by atoms with Gasteiger partial charge in [-0.3, -0.25) is 10.1 Å². The number of carbonyl (C=O) groups is 1. The summed E-state index contributed by atoms with van der Waals surface area (Å²) in [5.74, 6) is -1.15. The molecule has 1 aromatic rings. The second-order valence-corrected chi connectivity index (χ2v) is 3.79. The molecule has 0 aromatic heterocycles. The highest BCUT2D eigenvalue weighted by molar-refractivity contribution is 14.1. The smallest absolute Gasteiger partial charge is 0.336 e. The molecule has 1 N–H and O–H groups in total. The zero-order valence-corrected chi connectivity index (χ0v) is 9.31. The quantitative estimate of drug-likeness (QED) is 0.516. The number of hydrogen-bond donors (Lipinski definition) is 1. The third-order valence-corrected chi connectivity index (χ3v) is 2.67. The monoisotopic (exact) mass is 307 g/mol. The van der Waals surface area contributed by atoms with E-state index in [4.69, 9.17) is 5.11 Å². The molecule has 0 aliphatic carbocycles. The van der Waals surface area contributed by atoms with E-state index < -0.39 is 10.9 Å². The first-order chi connectivity index (χ1) is 6.45. The van der Waals surface area contributed by atoms with Gasteiger partial charge in [0.25, 0.3) is 5.69 Å². The van der Waals surface area contributed by atoms with Crippen LogP contribution >= 0.6 is 22.6 Å². The molecule has 0 unspecified atom stereocenters. The van der Waals surface area contributed by atoms with Crippen LogP contribution in [0.5, 0.6) is 0 Å². The van der Waals surface area contributed by atoms with Crippen molar-refractivity contribution >= 4 is 34.2 Å². The van der Waals surface area contributed by atoms with Crippen molar-refractivity contribution in [2.24, 2.45) is 0 Å². The van der Waals surface area contributed by atoms with Gasteiger partial charge in [0, 0.05) is 5.56 Å². The first-order valence-electron chi connectivity index (χ1n) is 3.62. The number of nitro groups is 1. The molecular weight excluding hydrogens is 301 g/mol. The Kier molecular flexibility index (Phi) is 3.04. The minimum Gasteiger partial charge on any atom is -0.478 e. The maximum Gasteiger partial charge on any atom is 0.336 e. The normalized spacial score (nSPS) is 9.86. The molecule has 0 aliphatic heterocycles. The maximum absolute atomic E-state index is 10.7. The Balaban J connectivity index is 3.49. The number of halogens is 1. The van der Waals surface area contributed by atoms with Gasteiger partial charge >= 0.3 is 5.97 Å². The van der Waals surface area contributed by atoms with Crippen molar-refractivity contribution < 1.29 is 14.8 Å². The molecule has 0 saturated carbocycles. The highest BCUT2D eigenvalue weighted by atomic mass is 127. The van der Waals surface area contributed by atoms with Crippen LogP contribution in [0.1, 0.15) is 15.9 Å². The molecule has 1 aromatic carbocycles. The lowest BCUT2D eigenvalue weighted by atomic mass is 10.1. The van der Waals surface area contributed by atoms with Gasteiger partial charge in [0.2, 0.25) is 0 Å². The Labute approximate surface area is 93.0 Å². The molecule has 0 heterocycles. The second-order valence-electron chi connectivity index (χ2n) is 2.63. The van der Waals surface area contributed by atoms with Crippen LogP contribution in [0.25, 0.3) is 0 Å². The molecule has 0 spiro atoms. The van der Waals surface area contributed by atoms with Gasteiger partial charge in [0.1, 0.15) is 0 Å². The van der Waals surface area contributed by atoms with Crippen LogP contribution in [-0.4, -0.2) is 16.0 Å². The van der Waals surface area contributed by atoms with Crippen LogP contribution < -0.4 is 0 Å². The number of nitro benzene ring substituents is 1. The van der Waals surface area contributed by atoms with Gasteiger partial charge in [-0.1, -0.05) is 0 Å². The number of carboxylic acid groups (broad SMARTS) is 1. The molecule has 0 radical (unpaired) electrons.